The molecule has 0 unspecified atom stereocenters. The Morgan fingerprint density at radius 1 is 1.04 bits per heavy atom. The van der Waals surface area contributed by atoms with Crippen molar-refractivity contribution in [1.29, 1.82) is 0 Å². The standard InChI is InChI=1S/C19H19FN2S/c1-4-22(17-12-8-5-9-13(17)2)19-21-18(14(3)23-19)15-10-6-7-11-16(15)20/h5-12H,4H2,1-3H3. The van der Waals surface area contributed by atoms with Crippen LogP contribution in [0.25, 0.3) is 11.3 Å². The van der Waals surface area contributed by atoms with Crippen molar-refractivity contribution in [1.82, 2.24) is 4.98 Å². The normalized spacial score (nSPS) is 10.8. The summed E-state index contributed by atoms with van der Waals surface area (Å²) >= 11 is 1.60. The average Bonchev–Trinajstić information content (AvgIpc) is 2.92. The molecule has 0 aliphatic carbocycles. The summed E-state index contributed by atoms with van der Waals surface area (Å²) in [5, 5.41) is 0.901. The molecule has 118 valence electrons. The fourth-order valence-corrected chi connectivity index (χ4v) is 3.68. The number of para-hydroxylation sites is 1. The summed E-state index contributed by atoms with van der Waals surface area (Å²) in [6.45, 7) is 7.01. The van der Waals surface area contributed by atoms with E-state index in [-0.39, 0.29) is 5.82 Å². The number of hydrogen-bond acceptors (Lipinski definition) is 3. The molecule has 0 spiro atoms. The molecule has 0 bridgehead atoms. The molecule has 0 radical (unpaired) electrons. The number of rotatable bonds is 4. The predicted molar refractivity (Wildman–Crippen MR) is 96.1 cm³/mol. The molecule has 4 heteroatoms. The number of anilines is 2. The van der Waals surface area contributed by atoms with Crippen molar-refractivity contribution < 1.29 is 4.39 Å². The van der Waals surface area contributed by atoms with Gasteiger partial charge in [0.1, 0.15) is 5.82 Å². The Bertz CT molecular complexity index is 826. The third-order valence-electron chi connectivity index (χ3n) is 3.87. The van der Waals surface area contributed by atoms with Gasteiger partial charge in [0.15, 0.2) is 5.13 Å². The highest BCUT2D eigenvalue weighted by atomic mass is 32.1. The van der Waals surface area contributed by atoms with Crippen LogP contribution in [0.1, 0.15) is 17.4 Å². The van der Waals surface area contributed by atoms with Gasteiger partial charge in [-0.2, -0.15) is 0 Å². The van der Waals surface area contributed by atoms with Crippen molar-refractivity contribution in [2.75, 3.05) is 11.4 Å². The van der Waals surface area contributed by atoms with Crippen LogP contribution in [0.5, 0.6) is 0 Å². The highest BCUT2D eigenvalue weighted by Gasteiger charge is 2.18. The molecule has 1 aromatic heterocycles. The van der Waals surface area contributed by atoms with Crippen LogP contribution in [0, 0.1) is 19.7 Å². The van der Waals surface area contributed by atoms with E-state index in [0.717, 1.165) is 27.9 Å². The zero-order chi connectivity index (χ0) is 16.4. The fourth-order valence-electron chi connectivity index (χ4n) is 2.68. The summed E-state index contributed by atoms with van der Waals surface area (Å²) in [6.07, 6.45) is 0. The summed E-state index contributed by atoms with van der Waals surface area (Å²) in [5.74, 6) is -0.230. The van der Waals surface area contributed by atoms with E-state index in [9.17, 15) is 4.39 Å². The molecule has 2 nitrogen and oxygen atoms in total. The van der Waals surface area contributed by atoms with Crippen LogP contribution in [0.2, 0.25) is 0 Å². The molecule has 23 heavy (non-hydrogen) atoms. The average molecular weight is 326 g/mol. The van der Waals surface area contributed by atoms with Crippen LogP contribution in [-0.2, 0) is 0 Å². The molecule has 0 aliphatic rings. The lowest BCUT2D eigenvalue weighted by Gasteiger charge is -2.21. The smallest absolute Gasteiger partial charge is 0.190 e. The molecule has 3 rings (SSSR count). The predicted octanol–water partition coefficient (Wildman–Crippen LogP) is 5.72. The van der Waals surface area contributed by atoms with Gasteiger partial charge in [0.05, 0.1) is 5.69 Å². The second-order valence-corrected chi connectivity index (χ2v) is 6.59. The number of halogens is 1. The topological polar surface area (TPSA) is 16.1 Å². The minimum atomic E-state index is -0.230. The van der Waals surface area contributed by atoms with E-state index in [0.29, 0.717) is 5.56 Å². The number of hydrogen-bond donors (Lipinski definition) is 0. The van der Waals surface area contributed by atoms with Crippen LogP contribution in [0.3, 0.4) is 0 Å². The maximum Gasteiger partial charge on any atom is 0.190 e. The Balaban J connectivity index is 2.06. The van der Waals surface area contributed by atoms with Gasteiger partial charge in [-0.1, -0.05) is 30.3 Å². The minimum absolute atomic E-state index is 0.230. The van der Waals surface area contributed by atoms with E-state index >= 15 is 0 Å². The Morgan fingerprint density at radius 3 is 2.43 bits per heavy atom. The number of aromatic nitrogens is 1. The molecule has 0 aliphatic heterocycles. The molecular formula is C19H19FN2S. The number of thiazole rings is 1. The van der Waals surface area contributed by atoms with Crippen molar-refractivity contribution >= 4 is 22.2 Å². The van der Waals surface area contributed by atoms with Crippen molar-refractivity contribution in [3.05, 3.63) is 64.8 Å². The van der Waals surface area contributed by atoms with Gasteiger partial charge in [0.2, 0.25) is 0 Å². The van der Waals surface area contributed by atoms with Gasteiger partial charge in [0, 0.05) is 22.7 Å². The van der Waals surface area contributed by atoms with E-state index in [1.165, 1.54) is 11.6 Å². The Hall–Kier alpha value is -2.20. The second-order valence-electron chi connectivity index (χ2n) is 5.41. The van der Waals surface area contributed by atoms with Crippen LogP contribution in [0.4, 0.5) is 15.2 Å². The van der Waals surface area contributed by atoms with Gasteiger partial charge in [-0.25, -0.2) is 9.37 Å². The monoisotopic (exact) mass is 326 g/mol. The first-order chi connectivity index (χ1) is 11.1. The zero-order valence-electron chi connectivity index (χ0n) is 13.5. The quantitative estimate of drug-likeness (QED) is 0.609. The van der Waals surface area contributed by atoms with Crippen molar-refractivity contribution in [3.8, 4) is 11.3 Å². The highest BCUT2D eigenvalue weighted by molar-refractivity contribution is 7.16. The SMILES string of the molecule is CCN(c1nc(-c2ccccc2F)c(C)s1)c1ccccc1C. The zero-order valence-corrected chi connectivity index (χ0v) is 14.3. The molecule has 3 aromatic rings. The molecule has 0 atom stereocenters. The van der Waals surface area contributed by atoms with Crippen LogP contribution >= 0.6 is 11.3 Å². The molecule has 0 saturated heterocycles. The lowest BCUT2D eigenvalue weighted by atomic mass is 10.1. The Morgan fingerprint density at radius 2 is 1.74 bits per heavy atom. The fraction of sp³-hybridized carbons (Fsp3) is 0.211. The van der Waals surface area contributed by atoms with E-state index in [2.05, 4.69) is 30.9 Å². The van der Waals surface area contributed by atoms with Crippen LogP contribution in [0.15, 0.2) is 48.5 Å². The summed E-state index contributed by atoms with van der Waals surface area (Å²) in [6, 6.07) is 15.1. The summed E-state index contributed by atoms with van der Waals surface area (Å²) < 4.78 is 14.1. The molecule has 0 fully saturated rings. The maximum absolute atomic E-state index is 14.1. The first-order valence-corrected chi connectivity index (χ1v) is 8.49. The Labute approximate surface area is 140 Å². The molecule has 2 aromatic carbocycles. The van der Waals surface area contributed by atoms with Gasteiger partial charge in [-0.05, 0) is 44.5 Å². The van der Waals surface area contributed by atoms with E-state index in [1.807, 2.05) is 25.1 Å². The van der Waals surface area contributed by atoms with Gasteiger partial charge in [-0.3, -0.25) is 0 Å². The highest BCUT2D eigenvalue weighted by Crippen LogP contribution is 2.37. The van der Waals surface area contributed by atoms with Crippen LogP contribution in [-0.4, -0.2) is 11.5 Å². The van der Waals surface area contributed by atoms with Crippen LogP contribution < -0.4 is 4.90 Å². The van der Waals surface area contributed by atoms with E-state index in [4.69, 9.17) is 4.98 Å². The molecule has 1 heterocycles. The third kappa shape index (κ3) is 2.99. The first kappa shape index (κ1) is 15.7. The number of benzene rings is 2. The second kappa shape index (κ2) is 6.50. The first-order valence-electron chi connectivity index (χ1n) is 7.67. The van der Waals surface area contributed by atoms with Crippen molar-refractivity contribution in [2.24, 2.45) is 0 Å². The molecular weight excluding hydrogens is 307 g/mol. The molecule has 0 amide bonds. The van der Waals surface area contributed by atoms with Crippen molar-refractivity contribution in [3.63, 3.8) is 0 Å². The largest absolute Gasteiger partial charge is 0.318 e. The maximum atomic E-state index is 14.1. The summed E-state index contributed by atoms with van der Waals surface area (Å²) in [5.41, 5.74) is 3.64. The number of aryl methyl sites for hydroxylation is 2. The Kier molecular flexibility index (Phi) is 4.44. The molecule has 0 N–H and O–H groups in total. The van der Waals surface area contributed by atoms with Gasteiger partial charge in [0.25, 0.3) is 0 Å². The van der Waals surface area contributed by atoms with Gasteiger partial charge < -0.3 is 4.90 Å². The minimum Gasteiger partial charge on any atom is -0.318 e. The third-order valence-corrected chi connectivity index (χ3v) is 4.86. The van der Waals surface area contributed by atoms with Crippen molar-refractivity contribution in [2.45, 2.75) is 20.8 Å². The molecule has 0 saturated carbocycles. The van der Waals surface area contributed by atoms with E-state index < -0.39 is 0 Å². The lowest BCUT2D eigenvalue weighted by molar-refractivity contribution is 0.631. The van der Waals surface area contributed by atoms with Gasteiger partial charge in [-0.15, -0.1) is 11.3 Å². The lowest BCUT2D eigenvalue weighted by Crippen LogP contribution is -2.16. The number of nitrogens with zero attached hydrogens (tertiary/aromatic N) is 2. The summed E-state index contributed by atoms with van der Waals surface area (Å²) in [7, 11) is 0. The van der Waals surface area contributed by atoms with E-state index in [1.54, 1.807) is 23.5 Å². The summed E-state index contributed by atoms with van der Waals surface area (Å²) in [4.78, 5) is 7.94. The van der Waals surface area contributed by atoms with Gasteiger partial charge >= 0.3 is 0 Å².